The summed E-state index contributed by atoms with van der Waals surface area (Å²) in [5.74, 6) is 0.468. The Morgan fingerprint density at radius 3 is 2.17 bits per heavy atom. The van der Waals surface area contributed by atoms with Crippen molar-refractivity contribution in [1.82, 2.24) is 10.3 Å². The summed E-state index contributed by atoms with van der Waals surface area (Å²) in [6.45, 7) is 5.26. The third-order valence-corrected chi connectivity index (χ3v) is 8.47. The van der Waals surface area contributed by atoms with Crippen LogP contribution in [0, 0.1) is 6.92 Å². The molecule has 3 aromatic carbocycles. The van der Waals surface area contributed by atoms with Crippen LogP contribution in [0.5, 0.6) is 11.5 Å². The Hall–Kier alpha value is -4.38. The highest BCUT2D eigenvalue weighted by Gasteiger charge is 2.27. The Morgan fingerprint density at radius 1 is 0.905 bits per heavy atom. The quantitative estimate of drug-likeness (QED) is 0.250. The minimum absolute atomic E-state index is 0.0133. The van der Waals surface area contributed by atoms with E-state index in [1.165, 1.54) is 18.3 Å². The maximum Gasteiger partial charge on any atom is 0.264 e. The minimum atomic E-state index is -4.07. The summed E-state index contributed by atoms with van der Waals surface area (Å²) < 4.78 is 39.2. The zero-order valence-corrected chi connectivity index (χ0v) is 24.7. The number of hydrazone groups is 1. The number of nitrogens with zero attached hydrogens (tertiary/aromatic N) is 3. The number of hydrogen-bond acceptors (Lipinski definition) is 7. The lowest BCUT2D eigenvalue weighted by atomic mass is 10.1. The van der Waals surface area contributed by atoms with Crippen LogP contribution in [0.4, 0.5) is 5.69 Å². The summed E-state index contributed by atoms with van der Waals surface area (Å²) in [4.78, 5) is 27.0. The number of carbonyl (C=O) groups excluding carboxylic acids is 2. The van der Waals surface area contributed by atoms with Crippen molar-refractivity contribution in [2.45, 2.75) is 38.0 Å². The summed E-state index contributed by atoms with van der Waals surface area (Å²) in [5, 5.41) is 3.99. The van der Waals surface area contributed by atoms with Gasteiger partial charge in [-0.3, -0.25) is 13.9 Å². The van der Waals surface area contributed by atoms with Gasteiger partial charge in [-0.05, 0) is 99.3 Å². The van der Waals surface area contributed by atoms with Crippen molar-refractivity contribution in [2.24, 2.45) is 5.10 Å². The van der Waals surface area contributed by atoms with Gasteiger partial charge in [0.15, 0.2) is 6.61 Å². The third-order valence-electron chi connectivity index (χ3n) is 6.69. The minimum Gasteiger partial charge on any atom is -0.494 e. The van der Waals surface area contributed by atoms with E-state index in [0.717, 1.165) is 42.2 Å². The molecule has 0 atom stereocenters. The average molecular weight is 593 g/mol. The number of carbonyl (C=O) groups is 2. The van der Waals surface area contributed by atoms with Gasteiger partial charge < -0.3 is 14.4 Å². The number of benzene rings is 3. The number of amides is 2. The summed E-state index contributed by atoms with van der Waals surface area (Å²) in [6.07, 6.45) is 4.65. The van der Waals surface area contributed by atoms with Gasteiger partial charge in [0.05, 0.1) is 23.4 Å². The highest BCUT2D eigenvalue weighted by molar-refractivity contribution is 7.92. The lowest BCUT2D eigenvalue weighted by Gasteiger charge is -2.26. The van der Waals surface area contributed by atoms with Crippen LogP contribution >= 0.6 is 0 Å². The highest BCUT2D eigenvalue weighted by atomic mass is 32.2. The molecule has 1 fully saturated rings. The zero-order valence-electron chi connectivity index (χ0n) is 23.9. The second kappa shape index (κ2) is 14.5. The first-order chi connectivity index (χ1) is 20.3. The molecule has 0 bridgehead atoms. The Bertz CT molecular complexity index is 1470. The van der Waals surface area contributed by atoms with Gasteiger partial charge in [0.25, 0.3) is 21.8 Å². The van der Waals surface area contributed by atoms with E-state index in [0.29, 0.717) is 29.4 Å². The number of piperidine rings is 1. The van der Waals surface area contributed by atoms with Crippen LogP contribution in [0.1, 0.15) is 37.3 Å². The van der Waals surface area contributed by atoms with Crippen molar-refractivity contribution in [1.29, 1.82) is 0 Å². The topological polar surface area (TPSA) is 118 Å². The molecule has 0 spiro atoms. The molecular weight excluding hydrogens is 556 g/mol. The third kappa shape index (κ3) is 8.32. The van der Waals surface area contributed by atoms with Gasteiger partial charge in [0.2, 0.25) is 0 Å². The predicted molar refractivity (Wildman–Crippen MR) is 161 cm³/mol. The van der Waals surface area contributed by atoms with E-state index in [9.17, 15) is 18.0 Å². The van der Waals surface area contributed by atoms with Crippen molar-refractivity contribution in [3.05, 3.63) is 83.9 Å². The van der Waals surface area contributed by atoms with Gasteiger partial charge in [-0.25, -0.2) is 13.8 Å². The molecule has 1 aliphatic heterocycles. The van der Waals surface area contributed by atoms with E-state index < -0.39 is 22.5 Å². The maximum absolute atomic E-state index is 13.6. The van der Waals surface area contributed by atoms with Crippen LogP contribution in [0.2, 0.25) is 0 Å². The van der Waals surface area contributed by atoms with E-state index in [4.69, 9.17) is 9.47 Å². The summed E-state index contributed by atoms with van der Waals surface area (Å²) >= 11 is 0. The average Bonchev–Trinajstić information content (AvgIpc) is 3.00. The SMILES string of the molecule is CCOc1ccc(S(=O)(=O)N(CC(=O)N/N=C\c2ccc(OCC(=O)N3CCCCC3)cc2)c2ccc(C)cc2)cc1. The molecule has 1 N–H and O–H groups in total. The highest BCUT2D eigenvalue weighted by Crippen LogP contribution is 2.25. The smallest absolute Gasteiger partial charge is 0.264 e. The fourth-order valence-electron chi connectivity index (χ4n) is 4.40. The van der Waals surface area contributed by atoms with Crippen molar-refractivity contribution in [3.63, 3.8) is 0 Å². The molecular formula is C31H36N4O6S. The second-order valence-electron chi connectivity index (χ2n) is 9.84. The molecule has 3 aromatic rings. The number of likely N-dealkylation sites (tertiary alicyclic amines) is 1. The molecule has 0 radical (unpaired) electrons. The Kier molecular flexibility index (Phi) is 10.6. The first-order valence-corrected chi connectivity index (χ1v) is 15.3. The molecule has 0 aliphatic carbocycles. The van der Waals surface area contributed by atoms with Gasteiger partial charge in [-0.1, -0.05) is 17.7 Å². The number of hydrogen-bond donors (Lipinski definition) is 1. The first-order valence-electron chi connectivity index (χ1n) is 13.9. The van der Waals surface area contributed by atoms with Crippen LogP contribution in [0.15, 0.2) is 82.8 Å². The van der Waals surface area contributed by atoms with Crippen LogP contribution in [-0.2, 0) is 19.6 Å². The van der Waals surface area contributed by atoms with E-state index in [1.807, 2.05) is 18.7 Å². The van der Waals surface area contributed by atoms with Crippen molar-refractivity contribution >= 4 is 33.7 Å². The van der Waals surface area contributed by atoms with Gasteiger partial charge in [0, 0.05) is 13.1 Å². The standard InChI is InChI=1S/C31H36N4O6S/c1-3-40-27-15-17-29(18-16-27)42(38,39)35(26-11-7-24(2)8-12-26)22-30(36)33-32-21-25-9-13-28(14-10-25)41-23-31(37)34-19-5-4-6-20-34/h7-18,21H,3-6,19-20,22-23H2,1-2H3,(H,33,36)/b32-21-. The number of anilines is 1. The Balaban J connectivity index is 1.37. The normalized spacial score (nSPS) is 13.5. The van der Waals surface area contributed by atoms with Crippen molar-refractivity contribution in [3.8, 4) is 11.5 Å². The van der Waals surface area contributed by atoms with E-state index in [-0.39, 0.29) is 17.4 Å². The number of rotatable bonds is 12. The second-order valence-corrected chi connectivity index (χ2v) is 11.7. The lowest BCUT2D eigenvalue weighted by molar-refractivity contribution is -0.134. The molecule has 10 nitrogen and oxygen atoms in total. The molecule has 1 heterocycles. The fraction of sp³-hybridized carbons (Fsp3) is 0.323. The van der Waals surface area contributed by atoms with Gasteiger partial charge in [-0.2, -0.15) is 5.10 Å². The molecule has 11 heteroatoms. The molecule has 0 aromatic heterocycles. The number of ether oxygens (including phenoxy) is 2. The van der Waals surface area contributed by atoms with Crippen LogP contribution < -0.4 is 19.2 Å². The number of aryl methyl sites for hydroxylation is 1. The van der Waals surface area contributed by atoms with Gasteiger partial charge in [-0.15, -0.1) is 0 Å². The summed E-state index contributed by atoms with van der Waals surface area (Å²) in [6, 6.07) is 19.9. The molecule has 0 saturated carbocycles. The van der Waals surface area contributed by atoms with E-state index in [1.54, 1.807) is 60.7 Å². The van der Waals surface area contributed by atoms with E-state index in [2.05, 4.69) is 10.5 Å². The maximum atomic E-state index is 13.6. The zero-order chi connectivity index (χ0) is 30.0. The largest absolute Gasteiger partial charge is 0.494 e. The van der Waals surface area contributed by atoms with Crippen LogP contribution in [0.25, 0.3) is 0 Å². The fourth-order valence-corrected chi connectivity index (χ4v) is 5.82. The molecule has 4 rings (SSSR count). The van der Waals surface area contributed by atoms with Crippen LogP contribution in [-0.4, -0.2) is 64.2 Å². The lowest BCUT2D eigenvalue weighted by Crippen LogP contribution is -2.39. The predicted octanol–water partition coefficient (Wildman–Crippen LogP) is 4.13. The van der Waals surface area contributed by atoms with Crippen molar-refractivity contribution < 1.29 is 27.5 Å². The molecule has 1 saturated heterocycles. The first kappa shape index (κ1) is 30.6. The summed E-state index contributed by atoms with van der Waals surface area (Å²) in [7, 11) is -4.07. The van der Waals surface area contributed by atoms with Crippen LogP contribution in [0.3, 0.4) is 0 Å². The molecule has 222 valence electrons. The Labute approximate surface area is 247 Å². The summed E-state index contributed by atoms with van der Waals surface area (Å²) in [5.41, 5.74) is 4.39. The molecule has 42 heavy (non-hydrogen) atoms. The van der Waals surface area contributed by atoms with Gasteiger partial charge >= 0.3 is 0 Å². The van der Waals surface area contributed by atoms with E-state index >= 15 is 0 Å². The number of nitrogens with one attached hydrogen (secondary N) is 1. The van der Waals surface area contributed by atoms with Gasteiger partial charge in [0.1, 0.15) is 18.0 Å². The monoisotopic (exact) mass is 592 g/mol. The number of sulfonamides is 1. The van der Waals surface area contributed by atoms with Crippen molar-refractivity contribution in [2.75, 3.05) is 37.2 Å². The Morgan fingerprint density at radius 2 is 1.52 bits per heavy atom. The molecule has 1 aliphatic rings. The molecule has 0 unspecified atom stereocenters. The molecule has 2 amide bonds.